The van der Waals surface area contributed by atoms with Crippen molar-refractivity contribution in [2.45, 2.75) is 6.42 Å². The van der Waals surface area contributed by atoms with Gasteiger partial charge in [0.05, 0.1) is 10.2 Å². The Labute approximate surface area is 170 Å². The predicted molar refractivity (Wildman–Crippen MR) is 114 cm³/mol. The highest BCUT2D eigenvalue weighted by Gasteiger charge is 2.21. The maximum atomic E-state index is 13.1. The number of hydrogen-bond acceptors (Lipinski definition) is 4. The normalized spacial score (nSPS) is 11.3. The third-order valence-corrected chi connectivity index (χ3v) is 5.70. The van der Waals surface area contributed by atoms with Crippen LogP contribution in [0.2, 0.25) is 5.02 Å². The number of aromatic nitrogens is 1. The molecule has 0 unspecified atom stereocenters. The summed E-state index contributed by atoms with van der Waals surface area (Å²) < 4.78 is 1.93. The molecule has 0 aliphatic heterocycles. The Hall–Kier alpha value is -1.47. The first-order valence-electron chi connectivity index (χ1n) is 8.22. The maximum Gasteiger partial charge on any atom is 0.260 e. The highest BCUT2D eigenvalue weighted by molar-refractivity contribution is 9.10. The van der Waals surface area contributed by atoms with Crippen LogP contribution in [0.4, 0.5) is 5.13 Å². The number of anilines is 1. The minimum atomic E-state index is -0.0404. The lowest BCUT2D eigenvalue weighted by Crippen LogP contribution is -2.33. The van der Waals surface area contributed by atoms with Crippen molar-refractivity contribution < 1.29 is 4.79 Å². The summed E-state index contributed by atoms with van der Waals surface area (Å²) in [6, 6.07) is 13.0. The van der Waals surface area contributed by atoms with E-state index in [0.717, 1.165) is 27.7 Å². The Kier molecular flexibility index (Phi) is 6.29. The predicted octanol–water partition coefficient (Wildman–Crippen LogP) is 5.31. The molecule has 4 nitrogen and oxygen atoms in total. The van der Waals surface area contributed by atoms with E-state index in [1.807, 2.05) is 56.6 Å². The van der Waals surface area contributed by atoms with E-state index in [9.17, 15) is 4.79 Å². The summed E-state index contributed by atoms with van der Waals surface area (Å²) in [4.78, 5) is 21.7. The molecule has 1 aromatic heterocycles. The van der Waals surface area contributed by atoms with Crippen LogP contribution in [0, 0.1) is 0 Å². The molecule has 0 aliphatic carbocycles. The molecule has 1 heterocycles. The van der Waals surface area contributed by atoms with E-state index in [1.165, 1.54) is 11.3 Å². The number of amides is 1. The molecule has 136 valence electrons. The minimum absolute atomic E-state index is 0.0404. The van der Waals surface area contributed by atoms with Gasteiger partial charge in [0, 0.05) is 21.6 Å². The van der Waals surface area contributed by atoms with Crippen LogP contribution < -0.4 is 4.90 Å². The molecule has 26 heavy (non-hydrogen) atoms. The molecule has 3 rings (SSSR count). The lowest BCUT2D eigenvalue weighted by Gasteiger charge is -2.21. The van der Waals surface area contributed by atoms with Gasteiger partial charge in [-0.05, 0) is 69.5 Å². The molecule has 0 N–H and O–H groups in total. The first-order valence-corrected chi connectivity index (χ1v) is 10.2. The molecule has 2 aromatic carbocycles. The van der Waals surface area contributed by atoms with Gasteiger partial charge in [-0.3, -0.25) is 9.69 Å². The average molecular weight is 453 g/mol. The van der Waals surface area contributed by atoms with E-state index in [-0.39, 0.29) is 5.91 Å². The standard InChI is InChI=1S/C19H19BrClN3OS/c1-23(2)10-3-11-24(18(25)13-4-6-14(20)7-5-13)19-22-16-9-8-15(21)12-17(16)26-19/h4-9,12H,3,10-11H2,1-2H3. The van der Waals surface area contributed by atoms with Gasteiger partial charge >= 0.3 is 0 Å². The van der Waals surface area contributed by atoms with Crippen molar-refractivity contribution in [3.63, 3.8) is 0 Å². The summed E-state index contributed by atoms with van der Waals surface area (Å²) >= 11 is 11.0. The molecule has 0 spiro atoms. The van der Waals surface area contributed by atoms with Crippen LogP contribution in [0.25, 0.3) is 10.2 Å². The maximum absolute atomic E-state index is 13.1. The van der Waals surface area contributed by atoms with Gasteiger partial charge in [-0.25, -0.2) is 4.98 Å². The summed E-state index contributed by atoms with van der Waals surface area (Å²) in [5.41, 5.74) is 1.51. The third-order valence-electron chi connectivity index (χ3n) is 3.89. The number of fused-ring (bicyclic) bond motifs is 1. The van der Waals surface area contributed by atoms with Crippen molar-refractivity contribution in [1.29, 1.82) is 0 Å². The molecule has 0 saturated carbocycles. The van der Waals surface area contributed by atoms with Gasteiger partial charge in [0.15, 0.2) is 5.13 Å². The number of halogens is 2. The highest BCUT2D eigenvalue weighted by Crippen LogP contribution is 2.31. The Balaban J connectivity index is 1.92. The fourth-order valence-corrected chi connectivity index (χ4v) is 4.11. The minimum Gasteiger partial charge on any atom is -0.309 e. The number of hydrogen-bond donors (Lipinski definition) is 0. The largest absolute Gasteiger partial charge is 0.309 e. The Bertz CT molecular complexity index is 911. The summed E-state index contributed by atoms with van der Waals surface area (Å²) in [7, 11) is 4.06. The molecule has 7 heteroatoms. The molecule has 0 aliphatic rings. The SMILES string of the molecule is CN(C)CCCN(C(=O)c1ccc(Br)cc1)c1nc2ccc(Cl)cc2s1. The number of thiazole rings is 1. The van der Waals surface area contributed by atoms with Gasteiger partial charge in [-0.1, -0.05) is 38.9 Å². The number of rotatable bonds is 6. The van der Waals surface area contributed by atoms with E-state index in [2.05, 4.69) is 25.8 Å². The zero-order chi connectivity index (χ0) is 18.7. The van der Waals surface area contributed by atoms with Crippen LogP contribution in [0.15, 0.2) is 46.9 Å². The molecule has 0 atom stereocenters. The van der Waals surface area contributed by atoms with Crippen molar-refractivity contribution >= 4 is 60.1 Å². The highest BCUT2D eigenvalue weighted by atomic mass is 79.9. The van der Waals surface area contributed by atoms with Gasteiger partial charge in [-0.2, -0.15) is 0 Å². The van der Waals surface area contributed by atoms with Gasteiger partial charge < -0.3 is 4.90 Å². The number of benzene rings is 2. The van der Waals surface area contributed by atoms with Gasteiger partial charge in [0.2, 0.25) is 0 Å². The smallest absolute Gasteiger partial charge is 0.260 e. The Morgan fingerprint density at radius 1 is 1.15 bits per heavy atom. The van der Waals surface area contributed by atoms with Crippen LogP contribution >= 0.6 is 38.9 Å². The lowest BCUT2D eigenvalue weighted by molar-refractivity contribution is 0.0986. The van der Waals surface area contributed by atoms with E-state index < -0.39 is 0 Å². The van der Waals surface area contributed by atoms with E-state index >= 15 is 0 Å². The fourth-order valence-electron chi connectivity index (χ4n) is 2.58. The van der Waals surface area contributed by atoms with Crippen LogP contribution in [0.3, 0.4) is 0 Å². The number of carbonyl (C=O) groups is 1. The molecule has 0 radical (unpaired) electrons. The van der Waals surface area contributed by atoms with Gasteiger partial charge in [0.1, 0.15) is 0 Å². The van der Waals surface area contributed by atoms with Crippen molar-refractivity contribution in [3.8, 4) is 0 Å². The first-order chi connectivity index (χ1) is 12.4. The second-order valence-electron chi connectivity index (χ2n) is 6.23. The van der Waals surface area contributed by atoms with Crippen molar-refractivity contribution in [2.75, 3.05) is 32.1 Å². The Morgan fingerprint density at radius 2 is 1.88 bits per heavy atom. The average Bonchev–Trinajstić information content (AvgIpc) is 3.01. The molecule has 0 bridgehead atoms. The molecule has 3 aromatic rings. The summed E-state index contributed by atoms with van der Waals surface area (Å²) in [5, 5.41) is 1.38. The van der Waals surface area contributed by atoms with E-state index in [1.54, 1.807) is 4.90 Å². The summed E-state index contributed by atoms with van der Waals surface area (Å²) in [6.45, 7) is 1.52. The molecule has 0 fully saturated rings. The second kappa shape index (κ2) is 8.48. The van der Waals surface area contributed by atoms with Crippen molar-refractivity contribution in [3.05, 3.63) is 57.5 Å². The van der Waals surface area contributed by atoms with Gasteiger partial charge in [0.25, 0.3) is 5.91 Å². The first kappa shape index (κ1) is 19.3. The zero-order valence-corrected chi connectivity index (χ0v) is 17.7. The summed E-state index contributed by atoms with van der Waals surface area (Å²) in [6.07, 6.45) is 0.867. The van der Waals surface area contributed by atoms with Crippen molar-refractivity contribution in [2.24, 2.45) is 0 Å². The third kappa shape index (κ3) is 4.62. The number of nitrogens with zero attached hydrogens (tertiary/aromatic N) is 3. The Morgan fingerprint density at radius 3 is 2.58 bits per heavy atom. The fraction of sp³-hybridized carbons (Fsp3) is 0.263. The topological polar surface area (TPSA) is 36.4 Å². The monoisotopic (exact) mass is 451 g/mol. The molecule has 1 amide bonds. The second-order valence-corrected chi connectivity index (χ2v) is 8.59. The number of carbonyl (C=O) groups excluding carboxylic acids is 1. The van der Waals surface area contributed by atoms with Crippen LogP contribution in [-0.2, 0) is 0 Å². The van der Waals surface area contributed by atoms with Gasteiger partial charge in [-0.15, -0.1) is 0 Å². The summed E-state index contributed by atoms with van der Waals surface area (Å²) in [5.74, 6) is -0.0404. The lowest BCUT2D eigenvalue weighted by atomic mass is 10.2. The van der Waals surface area contributed by atoms with Crippen LogP contribution in [-0.4, -0.2) is 43.0 Å². The molecule has 0 saturated heterocycles. The molecular weight excluding hydrogens is 434 g/mol. The van der Waals surface area contributed by atoms with Crippen LogP contribution in [0.1, 0.15) is 16.8 Å². The van der Waals surface area contributed by atoms with Crippen molar-refractivity contribution in [1.82, 2.24) is 9.88 Å². The van der Waals surface area contributed by atoms with E-state index in [4.69, 9.17) is 11.6 Å². The molecular formula is C19H19BrClN3OS. The van der Waals surface area contributed by atoms with E-state index in [0.29, 0.717) is 22.3 Å². The zero-order valence-electron chi connectivity index (χ0n) is 14.6. The van der Waals surface area contributed by atoms with Crippen LogP contribution in [0.5, 0.6) is 0 Å². The quantitative estimate of drug-likeness (QED) is 0.508.